The van der Waals surface area contributed by atoms with Gasteiger partial charge in [-0.15, -0.1) is 0 Å². The molecule has 0 aromatic heterocycles. The molecule has 104 valence electrons. The van der Waals surface area contributed by atoms with E-state index in [4.69, 9.17) is 0 Å². The van der Waals surface area contributed by atoms with Gasteiger partial charge in [0.2, 0.25) is 0 Å². The van der Waals surface area contributed by atoms with Crippen LogP contribution in [0.1, 0.15) is 6.92 Å². The fourth-order valence-electron chi connectivity index (χ4n) is 0.657. The Morgan fingerprint density at radius 1 is 0.824 bits per heavy atom. The first kappa shape index (κ1) is 16.3. The third-order valence-electron chi connectivity index (χ3n) is 1.49. The number of hydrogen-bond acceptors (Lipinski definition) is 2. The average Bonchev–Trinajstić information content (AvgIpc) is 1.97. The van der Waals surface area contributed by atoms with Gasteiger partial charge in [0.1, 0.15) is 0 Å². The number of halogens is 9. The Morgan fingerprint density at radius 2 is 1.24 bits per heavy atom. The van der Waals surface area contributed by atoms with Crippen LogP contribution in [0.2, 0.25) is 0 Å². The number of ether oxygens (including phenoxy) is 1. The van der Waals surface area contributed by atoms with Gasteiger partial charge >= 0.3 is 18.5 Å². The van der Waals surface area contributed by atoms with Gasteiger partial charge in [-0.2, -0.15) is 40.1 Å². The van der Waals surface area contributed by atoms with E-state index < -0.39 is 30.7 Å². The zero-order valence-corrected chi connectivity index (χ0v) is 7.87. The van der Waals surface area contributed by atoms with Gasteiger partial charge in [-0.05, 0) is 11.4 Å². The third kappa shape index (κ3) is 4.58. The maximum Gasteiger partial charge on any atom is 0.426 e. The average molecular weight is 280 g/mol. The van der Waals surface area contributed by atoms with Crippen molar-refractivity contribution in [3.8, 4) is 0 Å². The quantitative estimate of drug-likeness (QED) is 0.735. The van der Waals surface area contributed by atoms with Gasteiger partial charge in [0, 0.05) is 0 Å². The molecular formula is C6H5F9O2. The predicted molar refractivity (Wildman–Crippen MR) is 33.6 cm³/mol. The molecule has 0 aliphatic rings. The Kier molecular flexibility index (Phi) is 4.68. The highest BCUT2D eigenvalue weighted by molar-refractivity contribution is 4.78. The summed E-state index contributed by atoms with van der Waals surface area (Å²) in [7, 11) is 0. The van der Waals surface area contributed by atoms with Crippen molar-refractivity contribution in [1.29, 1.82) is 0 Å². The SMILES string of the molecule is CC(OC(F)(F)C(OF)C(F)(F)F)C(F)(F)F. The first-order valence-electron chi connectivity index (χ1n) is 3.79. The van der Waals surface area contributed by atoms with Gasteiger partial charge in [-0.3, -0.25) is 0 Å². The number of hydrogen-bond donors (Lipinski definition) is 0. The lowest BCUT2D eigenvalue weighted by molar-refractivity contribution is -0.425. The van der Waals surface area contributed by atoms with Gasteiger partial charge in [0.25, 0.3) is 6.10 Å². The Morgan fingerprint density at radius 3 is 1.47 bits per heavy atom. The number of alkyl halides is 8. The van der Waals surface area contributed by atoms with Crippen LogP contribution in [0, 0.1) is 0 Å². The summed E-state index contributed by atoms with van der Waals surface area (Å²) >= 11 is 0. The van der Waals surface area contributed by atoms with E-state index in [0.717, 1.165) is 0 Å². The van der Waals surface area contributed by atoms with Crippen molar-refractivity contribution >= 4 is 0 Å². The molecule has 0 aromatic carbocycles. The molecule has 0 heterocycles. The molecule has 0 rings (SSSR count). The minimum absolute atomic E-state index is 0.0412. The zero-order chi connectivity index (χ0) is 14.1. The zero-order valence-electron chi connectivity index (χ0n) is 7.87. The Balaban J connectivity index is 4.88. The molecule has 17 heavy (non-hydrogen) atoms. The summed E-state index contributed by atoms with van der Waals surface area (Å²) in [4.78, 5) is 1.93. The second kappa shape index (κ2) is 4.88. The van der Waals surface area contributed by atoms with E-state index in [9.17, 15) is 39.6 Å². The molecule has 0 N–H and O–H groups in total. The smallest absolute Gasteiger partial charge is 0.305 e. The Hall–Kier alpha value is -0.710. The van der Waals surface area contributed by atoms with Crippen LogP contribution in [0.4, 0.5) is 39.6 Å². The Labute approximate surface area is 88.2 Å². The van der Waals surface area contributed by atoms with E-state index >= 15 is 0 Å². The highest BCUT2D eigenvalue weighted by Crippen LogP contribution is 2.38. The van der Waals surface area contributed by atoms with E-state index in [0.29, 0.717) is 0 Å². The van der Waals surface area contributed by atoms with Crippen LogP contribution in [-0.2, 0) is 9.68 Å². The topological polar surface area (TPSA) is 18.5 Å². The van der Waals surface area contributed by atoms with E-state index in [-0.39, 0.29) is 6.92 Å². The minimum atomic E-state index is -5.93. The third-order valence-corrected chi connectivity index (χ3v) is 1.49. The van der Waals surface area contributed by atoms with Gasteiger partial charge in [0.15, 0.2) is 6.10 Å². The molecule has 2 atom stereocenters. The molecule has 2 unspecified atom stereocenters. The molecule has 0 aromatic rings. The van der Waals surface area contributed by atoms with Gasteiger partial charge in [-0.1, -0.05) is 0 Å². The summed E-state index contributed by atoms with van der Waals surface area (Å²) in [5.74, 6) is 0. The lowest BCUT2D eigenvalue weighted by Crippen LogP contribution is -2.50. The second-order valence-electron chi connectivity index (χ2n) is 2.87. The van der Waals surface area contributed by atoms with Crippen molar-refractivity contribution < 1.29 is 49.3 Å². The maximum absolute atomic E-state index is 12.6. The maximum atomic E-state index is 12.6. The standard InChI is InChI=1S/C6H5F9O2/c1-2(4(7,8)9)16-6(13,14)3(17-15)5(10,11)12/h2-3H,1H3. The summed E-state index contributed by atoms with van der Waals surface area (Å²) in [6.45, 7) is 0.0412. The van der Waals surface area contributed by atoms with Crippen LogP contribution >= 0.6 is 0 Å². The molecule has 0 fully saturated rings. The summed E-state index contributed by atoms with van der Waals surface area (Å²) < 4.78 is 110. The molecule has 0 aliphatic heterocycles. The molecule has 2 nitrogen and oxygen atoms in total. The minimum Gasteiger partial charge on any atom is -0.305 e. The van der Waals surface area contributed by atoms with Gasteiger partial charge in [-0.25, -0.2) is 0 Å². The molecule has 0 radical (unpaired) electrons. The predicted octanol–water partition coefficient (Wildman–Crippen LogP) is 3.38. The highest BCUT2D eigenvalue weighted by atomic mass is 19.4. The van der Waals surface area contributed by atoms with E-state index in [1.807, 2.05) is 4.94 Å². The van der Waals surface area contributed by atoms with Crippen molar-refractivity contribution in [3.63, 3.8) is 0 Å². The molecule has 0 amide bonds. The van der Waals surface area contributed by atoms with Crippen molar-refractivity contribution in [2.24, 2.45) is 0 Å². The van der Waals surface area contributed by atoms with Crippen molar-refractivity contribution in [3.05, 3.63) is 0 Å². The fraction of sp³-hybridized carbons (Fsp3) is 1.00. The van der Waals surface area contributed by atoms with E-state index in [1.165, 1.54) is 0 Å². The molecule has 0 spiro atoms. The van der Waals surface area contributed by atoms with Crippen molar-refractivity contribution in [2.75, 3.05) is 0 Å². The normalized spacial score (nSPS) is 18.0. The molecule has 11 heteroatoms. The molecule has 0 aliphatic carbocycles. The summed E-state index contributed by atoms with van der Waals surface area (Å²) in [5.41, 5.74) is 0. The summed E-state index contributed by atoms with van der Waals surface area (Å²) in [5, 5.41) is 0. The molecule has 0 saturated carbocycles. The Bertz CT molecular complexity index is 245. The van der Waals surface area contributed by atoms with E-state index in [1.54, 1.807) is 0 Å². The number of rotatable bonds is 4. The van der Waals surface area contributed by atoms with Crippen LogP contribution in [0.3, 0.4) is 0 Å². The second-order valence-corrected chi connectivity index (χ2v) is 2.87. The first-order chi connectivity index (χ1) is 7.32. The van der Waals surface area contributed by atoms with Crippen molar-refractivity contribution in [1.82, 2.24) is 0 Å². The van der Waals surface area contributed by atoms with Crippen LogP contribution in [0.25, 0.3) is 0 Å². The molecular weight excluding hydrogens is 275 g/mol. The monoisotopic (exact) mass is 280 g/mol. The first-order valence-corrected chi connectivity index (χ1v) is 3.79. The highest BCUT2D eigenvalue weighted by Gasteiger charge is 2.61. The van der Waals surface area contributed by atoms with Gasteiger partial charge < -0.3 is 4.74 Å². The van der Waals surface area contributed by atoms with Crippen molar-refractivity contribution in [2.45, 2.75) is 37.6 Å². The van der Waals surface area contributed by atoms with Crippen LogP contribution in [0.15, 0.2) is 0 Å². The molecule has 0 saturated heterocycles. The lowest BCUT2D eigenvalue weighted by atomic mass is 10.3. The van der Waals surface area contributed by atoms with Crippen LogP contribution in [0.5, 0.6) is 0 Å². The van der Waals surface area contributed by atoms with Gasteiger partial charge in [0.05, 0.1) is 0 Å². The van der Waals surface area contributed by atoms with E-state index in [2.05, 4.69) is 4.74 Å². The summed E-state index contributed by atoms with van der Waals surface area (Å²) in [6, 6.07) is 0. The summed E-state index contributed by atoms with van der Waals surface area (Å²) in [6.07, 6.45) is -24.4. The molecule has 0 bridgehead atoms. The largest absolute Gasteiger partial charge is 0.426 e. The van der Waals surface area contributed by atoms with Crippen LogP contribution in [-0.4, -0.2) is 30.7 Å². The lowest BCUT2D eigenvalue weighted by Gasteiger charge is -2.28. The van der Waals surface area contributed by atoms with Crippen LogP contribution < -0.4 is 0 Å². The fourth-order valence-corrected chi connectivity index (χ4v) is 0.657.